The lowest BCUT2D eigenvalue weighted by Crippen LogP contribution is -2.31. The van der Waals surface area contributed by atoms with Crippen molar-refractivity contribution in [2.75, 3.05) is 0 Å². The fraction of sp³-hybridized carbons (Fsp3) is 0.260. The molecule has 5 aromatic carbocycles. The first-order valence-electron chi connectivity index (χ1n) is 19.6. The third-order valence-electron chi connectivity index (χ3n) is 9.86. The standard InChI is InChI=1S/C50H49O12/c1-47(2,57)41(51)33-17-9-29(10-18-33)39(30-11-19-34(20-12-30)42(52)48(3,4)58)61-45(55)37-25-27-38(28-26-37)46(56)62-40(31-13-21-35(22-14-31)43(53)49(5,6)59)32-15-23-36(24-16-32)44(54)50(7,8)60/h9-28,39-40,57-60H,1H2,2-8H3/q+1. The Bertz CT molecular complexity index is 2140. The summed E-state index contributed by atoms with van der Waals surface area (Å²) in [5.41, 5.74) is -3.91. The lowest BCUT2D eigenvalue weighted by Gasteiger charge is -2.21. The van der Waals surface area contributed by atoms with Gasteiger partial charge in [0.15, 0.2) is 29.6 Å². The molecule has 0 saturated carbocycles. The second-order valence-electron chi connectivity index (χ2n) is 16.9. The highest BCUT2D eigenvalue weighted by molar-refractivity contribution is 6.04. The summed E-state index contributed by atoms with van der Waals surface area (Å²) in [6, 6.07) is 30.0. The number of ether oxygens (including phenoxy) is 2. The Morgan fingerprint density at radius 3 is 0.758 bits per heavy atom. The lowest BCUT2D eigenvalue weighted by atomic mass is 9.92. The van der Waals surface area contributed by atoms with Crippen molar-refractivity contribution in [3.05, 3.63) is 184 Å². The number of hydrogen-bond donors (Lipinski definition) is 4. The van der Waals surface area contributed by atoms with Crippen LogP contribution in [0, 0.1) is 6.92 Å². The Morgan fingerprint density at radius 2 is 0.565 bits per heavy atom. The molecule has 2 atom stereocenters. The van der Waals surface area contributed by atoms with Crippen LogP contribution < -0.4 is 0 Å². The van der Waals surface area contributed by atoms with Crippen molar-refractivity contribution >= 4 is 35.1 Å². The van der Waals surface area contributed by atoms with E-state index in [1.54, 1.807) is 48.5 Å². The van der Waals surface area contributed by atoms with E-state index in [0.29, 0.717) is 22.3 Å². The predicted octanol–water partition coefficient (Wildman–Crippen LogP) is 7.21. The van der Waals surface area contributed by atoms with E-state index in [1.807, 2.05) is 0 Å². The number of esters is 2. The zero-order valence-corrected chi connectivity index (χ0v) is 35.5. The maximum atomic E-state index is 13.7. The molecule has 0 aliphatic carbocycles. The highest BCUT2D eigenvalue weighted by Crippen LogP contribution is 2.32. The number of Topliss-reactive ketones (excluding diaryl/α,β-unsaturated/α-hetero) is 4. The van der Waals surface area contributed by atoms with Crippen molar-refractivity contribution in [3.8, 4) is 0 Å². The highest BCUT2D eigenvalue weighted by Gasteiger charge is 2.34. The van der Waals surface area contributed by atoms with E-state index in [2.05, 4.69) is 6.92 Å². The molecule has 2 unspecified atom stereocenters. The van der Waals surface area contributed by atoms with Gasteiger partial charge in [0.1, 0.15) is 23.7 Å². The maximum Gasteiger partial charge on any atom is 0.339 e. The van der Waals surface area contributed by atoms with Crippen molar-refractivity contribution in [2.45, 2.75) is 83.1 Å². The van der Waals surface area contributed by atoms with Gasteiger partial charge in [-0.3, -0.25) is 19.2 Å². The molecule has 0 spiro atoms. The van der Waals surface area contributed by atoms with Gasteiger partial charge < -0.3 is 29.9 Å². The molecule has 0 bridgehead atoms. The average Bonchev–Trinajstić information content (AvgIpc) is 3.22. The first-order chi connectivity index (χ1) is 28.8. The van der Waals surface area contributed by atoms with Gasteiger partial charge in [-0.2, -0.15) is 0 Å². The van der Waals surface area contributed by atoms with Crippen molar-refractivity contribution in [2.24, 2.45) is 0 Å². The molecule has 12 heteroatoms. The van der Waals surface area contributed by atoms with Crippen molar-refractivity contribution in [3.63, 3.8) is 0 Å². The van der Waals surface area contributed by atoms with Crippen LogP contribution >= 0.6 is 0 Å². The quantitative estimate of drug-likeness (QED) is 0.0443. The van der Waals surface area contributed by atoms with Gasteiger partial charge in [0.05, 0.1) is 11.1 Å². The summed E-state index contributed by atoms with van der Waals surface area (Å²) >= 11 is 0. The Hall–Kier alpha value is -6.57. The number of aliphatic hydroxyl groups is 4. The van der Waals surface area contributed by atoms with Gasteiger partial charge in [0, 0.05) is 29.2 Å². The minimum Gasteiger partial charge on any atom is -0.449 e. The van der Waals surface area contributed by atoms with Gasteiger partial charge in [-0.15, -0.1) is 0 Å². The minimum absolute atomic E-state index is 0.0657. The van der Waals surface area contributed by atoms with Crippen molar-refractivity contribution in [1.82, 2.24) is 0 Å². The van der Waals surface area contributed by atoms with Crippen LogP contribution in [0.5, 0.6) is 0 Å². The number of hydrogen-bond acceptors (Lipinski definition) is 12. The van der Waals surface area contributed by atoms with Crippen molar-refractivity contribution < 1.29 is 58.7 Å². The summed E-state index contributed by atoms with van der Waals surface area (Å²) in [5.74, 6) is -3.72. The molecular formula is C50H49O12+. The summed E-state index contributed by atoms with van der Waals surface area (Å²) in [7, 11) is 0. The first-order valence-corrected chi connectivity index (χ1v) is 19.6. The zero-order chi connectivity index (χ0) is 45.9. The molecule has 5 aromatic rings. The smallest absolute Gasteiger partial charge is 0.339 e. The van der Waals surface area contributed by atoms with Gasteiger partial charge >= 0.3 is 11.9 Å². The zero-order valence-electron chi connectivity index (χ0n) is 35.5. The summed E-state index contributed by atoms with van der Waals surface area (Å²) < 4.78 is 12.0. The molecule has 0 amide bonds. The third-order valence-corrected chi connectivity index (χ3v) is 9.86. The number of benzene rings is 5. The van der Waals surface area contributed by atoms with E-state index < -0.39 is 69.7 Å². The van der Waals surface area contributed by atoms with Crippen LogP contribution in [0.15, 0.2) is 121 Å². The van der Waals surface area contributed by atoms with Crippen LogP contribution in [-0.2, 0) is 9.47 Å². The lowest BCUT2D eigenvalue weighted by molar-refractivity contribution is 0.0363. The molecule has 62 heavy (non-hydrogen) atoms. The first kappa shape index (κ1) is 46.5. The Labute approximate surface area is 359 Å². The fourth-order valence-electron chi connectivity index (χ4n) is 6.36. The molecular weight excluding hydrogens is 793 g/mol. The molecule has 0 heterocycles. The van der Waals surface area contributed by atoms with E-state index >= 15 is 0 Å². The maximum absolute atomic E-state index is 13.7. The van der Waals surface area contributed by atoms with E-state index in [0.717, 1.165) is 0 Å². The molecule has 5 rings (SSSR count). The monoisotopic (exact) mass is 841 g/mol. The molecule has 0 aliphatic heterocycles. The van der Waals surface area contributed by atoms with Gasteiger partial charge in [-0.1, -0.05) is 97.1 Å². The van der Waals surface area contributed by atoms with Crippen LogP contribution in [0.4, 0.5) is 0 Å². The Morgan fingerprint density at radius 1 is 0.371 bits per heavy atom. The molecule has 0 fully saturated rings. The Balaban J connectivity index is 1.42. The minimum atomic E-state index is -1.87. The van der Waals surface area contributed by atoms with Crippen LogP contribution in [0.3, 0.4) is 0 Å². The number of rotatable bonds is 16. The summed E-state index contributed by atoms with van der Waals surface area (Å²) in [6.45, 7) is 13.0. The van der Waals surface area contributed by atoms with E-state index in [9.17, 15) is 49.2 Å². The molecule has 0 radical (unpaired) electrons. The molecule has 12 nitrogen and oxygen atoms in total. The van der Waals surface area contributed by atoms with E-state index in [4.69, 9.17) is 9.47 Å². The second-order valence-corrected chi connectivity index (χ2v) is 16.9. The second kappa shape index (κ2) is 17.8. The predicted molar refractivity (Wildman–Crippen MR) is 229 cm³/mol. The topological polar surface area (TPSA) is 202 Å². The average molecular weight is 842 g/mol. The van der Waals surface area contributed by atoms with Gasteiger partial charge in [0.25, 0.3) is 5.60 Å². The molecule has 0 aromatic heterocycles. The fourth-order valence-corrected chi connectivity index (χ4v) is 6.36. The SMILES string of the molecule is [CH2+]C(C)(O)C(=O)c1ccc(C(OC(=O)c2ccc(C(=O)OC(c3ccc(C(=O)C(C)(C)O)cc3)c3ccc(C(=O)C(C)(C)O)cc3)cc2)c2ccc(C(=O)C(C)(C)O)cc2)cc1. The van der Waals surface area contributed by atoms with Gasteiger partial charge in [0.2, 0.25) is 5.78 Å². The number of carbonyl (C=O) groups is 6. The molecule has 320 valence electrons. The normalized spacial score (nSPS) is 13.4. The Kier molecular flexibility index (Phi) is 13.3. The van der Waals surface area contributed by atoms with E-state index in [-0.39, 0.29) is 33.4 Å². The highest BCUT2D eigenvalue weighted by atomic mass is 16.5. The third kappa shape index (κ3) is 11.0. The van der Waals surface area contributed by atoms with Crippen LogP contribution in [0.2, 0.25) is 0 Å². The summed E-state index contributed by atoms with van der Waals surface area (Å²) in [4.78, 5) is 78.2. The molecule has 0 aliphatic rings. The largest absolute Gasteiger partial charge is 0.449 e. The molecule has 4 N–H and O–H groups in total. The van der Waals surface area contributed by atoms with Crippen LogP contribution in [-0.4, -0.2) is 77.9 Å². The van der Waals surface area contributed by atoms with Crippen LogP contribution in [0.25, 0.3) is 0 Å². The van der Waals surface area contributed by atoms with E-state index in [1.165, 1.54) is 121 Å². The molecule has 0 saturated heterocycles. The van der Waals surface area contributed by atoms with Gasteiger partial charge in [-0.25, -0.2) is 9.59 Å². The number of ketones is 4. The summed E-state index contributed by atoms with van der Waals surface area (Å²) in [6.07, 6.45) is -2.10. The van der Waals surface area contributed by atoms with Crippen molar-refractivity contribution in [1.29, 1.82) is 0 Å². The summed E-state index contributed by atoms with van der Waals surface area (Å²) in [5, 5.41) is 40.8. The van der Waals surface area contributed by atoms with Gasteiger partial charge in [-0.05, 0) is 88.1 Å². The van der Waals surface area contributed by atoms with Crippen LogP contribution in [0.1, 0.15) is 145 Å². The number of carbonyl (C=O) groups excluding carboxylic acids is 6.